The number of non-ortho nitro benzene ring substituents is 1. The fourth-order valence-electron chi connectivity index (χ4n) is 1.08. The van der Waals surface area contributed by atoms with Gasteiger partial charge in [0.2, 0.25) is 0 Å². The summed E-state index contributed by atoms with van der Waals surface area (Å²) in [5.41, 5.74) is 5.59. The average molecular weight is 198 g/mol. The Morgan fingerprint density at radius 3 is 2.43 bits per heavy atom. The first-order valence-corrected chi connectivity index (χ1v) is 3.76. The first-order chi connectivity index (χ1) is 6.60. The van der Waals surface area contributed by atoms with Gasteiger partial charge in [0, 0.05) is 6.07 Å². The third kappa shape index (κ3) is 1.68. The minimum atomic E-state index is -0.543. The second-order valence-corrected chi connectivity index (χ2v) is 2.53. The Balaban J connectivity index is 3.31. The van der Waals surface area contributed by atoms with Crippen LogP contribution in [0.2, 0.25) is 0 Å². The molecule has 1 aromatic carbocycles. The Hall–Kier alpha value is -1.98. The van der Waals surface area contributed by atoms with Crippen molar-refractivity contribution >= 4 is 11.4 Å². The highest BCUT2D eigenvalue weighted by Crippen LogP contribution is 2.36. The van der Waals surface area contributed by atoms with Crippen molar-refractivity contribution in [1.82, 2.24) is 0 Å². The topological polar surface area (TPSA) is 87.6 Å². The zero-order chi connectivity index (χ0) is 10.7. The Kier molecular flexibility index (Phi) is 2.76. The molecule has 6 heteroatoms. The van der Waals surface area contributed by atoms with E-state index in [9.17, 15) is 10.1 Å². The van der Waals surface area contributed by atoms with Gasteiger partial charge in [-0.1, -0.05) is 0 Å². The quantitative estimate of drug-likeness (QED) is 0.447. The van der Waals surface area contributed by atoms with E-state index in [1.807, 2.05) is 0 Å². The summed E-state index contributed by atoms with van der Waals surface area (Å²) in [6.07, 6.45) is 0. The maximum Gasteiger partial charge on any atom is 0.275 e. The number of nitrogen functional groups attached to an aromatic ring is 1. The summed E-state index contributed by atoms with van der Waals surface area (Å²) >= 11 is 0. The van der Waals surface area contributed by atoms with Gasteiger partial charge in [-0.15, -0.1) is 0 Å². The van der Waals surface area contributed by atoms with Gasteiger partial charge in [-0.25, -0.2) is 0 Å². The monoisotopic (exact) mass is 198 g/mol. The molecule has 0 radical (unpaired) electrons. The van der Waals surface area contributed by atoms with Crippen LogP contribution in [0.3, 0.4) is 0 Å². The van der Waals surface area contributed by atoms with Crippen LogP contribution in [0, 0.1) is 10.1 Å². The summed E-state index contributed by atoms with van der Waals surface area (Å²) in [5.74, 6) is 0.553. The molecule has 0 unspecified atom stereocenters. The SMILES string of the molecule is COc1cc([N+](=O)[O-])cc(N)c1OC. The molecule has 14 heavy (non-hydrogen) atoms. The second kappa shape index (κ2) is 3.82. The van der Waals surface area contributed by atoms with Crippen molar-refractivity contribution in [3.8, 4) is 11.5 Å². The number of hydrogen-bond acceptors (Lipinski definition) is 5. The van der Waals surface area contributed by atoms with Gasteiger partial charge in [-0.2, -0.15) is 0 Å². The molecule has 0 heterocycles. The van der Waals surface area contributed by atoms with E-state index in [1.54, 1.807) is 0 Å². The number of rotatable bonds is 3. The van der Waals surface area contributed by atoms with E-state index in [-0.39, 0.29) is 17.1 Å². The van der Waals surface area contributed by atoms with Gasteiger partial charge in [0.1, 0.15) is 0 Å². The first kappa shape index (κ1) is 10.1. The highest BCUT2D eigenvalue weighted by molar-refractivity contribution is 5.65. The van der Waals surface area contributed by atoms with E-state index in [4.69, 9.17) is 15.2 Å². The Morgan fingerprint density at radius 1 is 1.36 bits per heavy atom. The lowest BCUT2D eigenvalue weighted by Crippen LogP contribution is -1.98. The Labute approximate surface area is 80.4 Å². The molecular weight excluding hydrogens is 188 g/mol. The average Bonchev–Trinajstić information content (AvgIpc) is 2.16. The minimum absolute atomic E-state index is 0.125. The largest absolute Gasteiger partial charge is 0.493 e. The highest BCUT2D eigenvalue weighted by Gasteiger charge is 2.15. The summed E-state index contributed by atoms with van der Waals surface area (Å²) in [6.45, 7) is 0. The number of benzene rings is 1. The van der Waals surface area contributed by atoms with Crippen LogP contribution in [0.15, 0.2) is 12.1 Å². The molecule has 0 amide bonds. The fourth-order valence-corrected chi connectivity index (χ4v) is 1.08. The van der Waals surface area contributed by atoms with E-state index in [2.05, 4.69) is 0 Å². The van der Waals surface area contributed by atoms with E-state index in [0.29, 0.717) is 5.75 Å². The number of ether oxygens (including phenoxy) is 2. The van der Waals surface area contributed by atoms with Gasteiger partial charge >= 0.3 is 0 Å². The lowest BCUT2D eigenvalue weighted by molar-refractivity contribution is -0.384. The molecule has 0 aliphatic rings. The number of anilines is 1. The lowest BCUT2D eigenvalue weighted by Gasteiger charge is -2.09. The number of nitrogens with two attached hydrogens (primary N) is 1. The number of nitrogens with zero attached hydrogens (tertiary/aromatic N) is 1. The normalized spacial score (nSPS) is 9.57. The molecule has 0 spiro atoms. The predicted molar refractivity (Wildman–Crippen MR) is 50.6 cm³/mol. The number of nitro groups is 1. The standard InChI is InChI=1S/C8H10N2O4/c1-13-7-4-5(10(11)12)3-6(9)8(7)14-2/h3-4H,9H2,1-2H3. The Morgan fingerprint density at radius 2 is 2.00 bits per heavy atom. The fraction of sp³-hybridized carbons (Fsp3) is 0.250. The summed E-state index contributed by atoms with van der Waals surface area (Å²) in [6, 6.07) is 2.48. The molecule has 0 atom stereocenters. The molecule has 6 nitrogen and oxygen atoms in total. The smallest absolute Gasteiger partial charge is 0.275 e. The van der Waals surface area contributed by atoms with Crippen molar-refractivity contribution in [2.24, 2.45) is 0 Å². The summed E-state index contributed by atoms with van der Waals surface area (Å²) < 4.78 is 9.83. The van der Waals surface area contributed by atoms with Gasteiger partial charge in [0.05, 0.1) is 30.9 Å². The summed E-state index contributed by atoms with van der Waals surface area (Å²) in [7, 11) is 2.81. The molecule has 0 saturated heterocycles. The molecule has 2 N–H and O–H groups in total. The molecule has 0 fully saturated rings. The molecule has 1 aromatic rings. The van der Waals surface area contributed by atoms with Crippen LogP contribution in [0.25, 0.3) is 0 Å². The maximum absolute atomic E-state index is 10.5. The van der Waals surface area contributed by atoms with Crippen LogP contribution in [-0.2, 0) is 0 Å². The van der Waals surface area contributed by atoms with Crippen LogP contribution in [0.5, 0.6) is 11.5 Å². The predicted octanol–water partition coefficient (Wildman–Crippen LogP) is 1.19. The molecule has 1 rings (SSSR count). The van der Waals surface area contributed by atoms with E-state index in [1.165, 1.54) is 26.4 Å². The molecule has 76 valence electrons. The van der Waals surface area contributed by atoms with Crippen molar-refractivity contribution in [1.29, 1.82) is 0 Å². The van der Waals surface area contributed by atoms with Gasteiger partial charge in [-0.3, -0.25) is 10.1 Å². The highest BCUT2D eigenvalue weighted by atomic mass is 16.6. The van der Waals surface area contributed by atoms with Crippen molar-refractivity contribution in [3.63, 3.8) is 0 Å². The van der Waals surface area contributed by atoms with Gasteiger partial charge < -0.3 is 15.2 Å². The zero-order valence-electron chi connectivity index (χ0n) is 7.81. The second-order valence-electron chi connectivity index (χ2n) is 2.53. The summed E-state index contributed by atoms with van der Waals surface area (Å²) in [4.78, 5) is 9.93. The number of hydrogen-bond donors (Lipinski definition) is 1. The van der Waals surface area contributed by atoms with Crippen LogP contribution in [0.4, 0.5) is 11.4 Å². The lowest BCUT2D eigenvalue weighted by atomic mass is 10.2. The molecule has 0 aliphatic carbocycles. The zero-order valence-corrected chi connectivity index (χ0v) is 7.81. The van der Waals surface area contributed by atoms with E-state index >= 15 is 0 Å². The van der Waals surface area contributed by atoms with Crippen LogP contribution in [-0.4, -0.2) is 19.1 Å². The van der Waals surface area contributed by atoms with Crippen molar-refractivity contribution in [2.45, 2.75) is 0 Å². The molecule has 0 bridgehead atoms. The number of nitro benzene ring substituents is 1. The third-order valence-electron chi connectivity index (χ3n) is 1.70. The van der Waals surface area contributed by atoms with Crippen LogP contribution in [0.1, 0.15) is 0 Å². The maximum atomic E-state index is 10.5. The van der Waals surface area contributed by atoms with E-state index in [0.717, 1.165) is 0 Å². The number of methoxy groups -OCH3 is 2. The molecular formula is C8H10N2O4. The van der Waals surface area contributed by atoms with Gasteiger partial charge in [0.15, 0.2) is 11.5 Å². The molecule has 0 aromatic heterocycles. The summed E-state index contributed by atoms with van der Waals surface area (Å²) in [5, 5.41) is 10.5. The minimum Gasteiger partial charge on any atom is -0.493 e. The van der Waals surface area contributed by atoms with Crippen LogP contribution >= 0.6 is 0 Å². The van der Waals surface area contributed by atoms with Crippen LogP contribution < -0.4 is 15.2 Å². The van der Waals surface area contributed by atoms with Crippen molar-refractivity contribution in [2.75, 3.05) is 20.0 Å². The van der Waals surface area contributed by atoms with Gasteiger partial charge in [0.25, 0.3) is 5.69 Å². The Bertz CT molecular complexity index is 365. The van der Waals surface area contributed by atoms with Gasteiger partial charge in [-0.05, 0) is 0 Å². The first-order valence-electron chi connectivity index (χ1n) is 3.76. The third-order valence-corrected chi connectivity index (χ3v) is 1.70. The van der Waals surface area contributed by atoms with Crippen molar-refractivity contribution in [3.05, 3.63) is 22.2 Å². The van der Waals surface area contributed by atoms with E-state index < -0.39 is 4.92 Å². The molecule has 0 saturated carbocycles. The molecule has 0 aliphatic heterocycles. The van der Waals surface area contributed by atoms with Crippen molar-refractivity contribution < 1.29 is 14.4 Å².